The lowest BCUT2D eigenvalue weighted by molar-refractivity contribution is 0.103. The molecule has 4 rings (SSSR count). The van der Waals surface area contributed by atoms with Gasteiger partial charge in [-0.1, -0.05) is 35.3 Å². The van der Waals surface area contributed by atoms with Gasteiger partial charge in [-0.25, -0.2) is 0 Å². The van der Waals surface area contributed by atoms with Gasteiger partial charge in [-0.3, -0.25) is 9.48 Å². The summed E-state index contributed by atoms with van der Waals surface area (Å²) in [6, 6.07) is 12.5. The Kier molecular flexibility index (Phi) is 5.60. The number of carbonyl (C=O) groups is 1. The van der Waals surface area contributed by atoms with E-state index in [1.165, 1.54) is 25.6 Å². The second-order valence-electron chi connectivity index (χ2n) is 6.45. The number of halogens is 2. The highest BCUT2D eigenvalue weighted by Gasteiger charge is 2.20. The Morgan fingerprint density at radius 1 is 1.07 bits per heavy atom. The Labute approximate surface area is 186 Å². The molecule has 0 aliphatic carbocycles. The van der Waals surface area contributed by atoms with E-state index in [-0.39, 0.29) is 5.91 Å². The van der Waals surface area contributed by atoms with Crippen molar-refractivity contribution in [3.63, 3.8) is 0 Å². The van der Waals surface area contributed by atoms with Crippen LogP contribution >= 0.6 is 34.5 Å². The fourth-order valence-electron chi connectivity index (χ4n) is 3.12. The lowest BCUT2D eigenvalue weighted by Crippen LogP contribution is -2.11. The van der Waals surface area contributed by atoms with Gasteiger partial charge in [-0.05, 0) is 24.3 Å². The van der Waals surface area contributed by atoms with Gasteiger partial charge in [0, 0.05) is 29.1 Å². The number of rotatable bonds is 5. The van der Waals surface area contributed by atoms with Gasteiger partial charge in [0.15, 0.2) is 0 Å². The number of carbonyl (C=O) groups excluding carboxylic acids is 1. The first-order chi connectivity index (χ1) is 14.4. The van der Waals surface area contributed by atoms with E-state index in [2.05, 4.69) is 10.4 Å². The first kappa shape index (κ1) is 20.5. The molecular weight excluding hydrogens is 445 g/mol. The van der Waals surface area contributed by atoms with E-state index >= 15 is 0 Å². The molecule has 0 unspecified atom stereocenters. The molecule has 154 valence electrons. The second kappa shape index (κ2) is 8.18. The Balaban J connectivity index is 1.69. The minimum Gasteiger partial charge on any atom is -0.495 e. The number of aryl methyl sites for hydroxylation is 1. The fourth-order valence-corrected chi connectivity index (χ4v) is 4.45. The van der Waals surface area contributed by atoms with E-state index in [4.69, 9.17) is 32.7 Å². The first-order valence-corrected chi connectivity index (χ1v) is 10.4. The molecule has 0 atom stereocenters. The second-order valence-corrected chi connectivity index (χ2v) is 8.32. The molecule has 0 saturated carbocycles. The number of nitrogens with one attached hydrogen (secondary N) is 1. The van der Waals surface area contributed by atoms with Crippen molar-refractivity contribution in [1.82, 2.24) is 9.78 Å². The molecule has 30 heavy (non-hydrogen) atoms. The summed E-state index contributed by atoms with van der Waals surface area (Å²) >= 11 is 13.6. The van der Waals surface area contributed by atoms with Gasteiger partial charge < -0.3 is 14.8 Å². The van der Waals surface area contributed by atoms with Crippen molar-refractivity contribution in [3.8, 4) is 22.8 Å². The monoisotopic (exact) mass is 461 g/mol. The molecule has 6 nitrogen and oxygen atoms in total. The van der Waals surface area contributed by atoms with Gasteiger partial charge in [-0.2, -0.15) is 5.10 Å². The number of fused-ring (bicyclic) bond motifs is 1. The average Bonchev–Trinajstić information content (AvgIpc) is 3.30. The van der Waals surface area contributed by atoms with E-state index in [1.807, 2.05) is 37.4 Å². The predicted molar refractivity (Wildman–Crippen MR) is 122 cm³/mol. The lowest BCUT2D eigenvalue weighted by Gasteiger charge is -2.12. The summed E-state index contributed by atoms with van der Waals surface area (Å²) in [7, 11) is 4.89. The third-order valence-corrected chi connectivity index (χ3v) is 6.32. The minimum absolute atomic E-state index is 0.266. The number of anilines is 1. The molecule has 0 fully saturated rings. The van der Waals surface area contributed by atoms with E-state index in [0.29, 0.717) is 32.1 Å². The molecule has 4 aromatic rings. The number of hydrogen-bond acceptors (Lipinski definition) is 5. The summed E-state index contributed by atoms with van der Waals surface area (Å²) in [5.41, 5.74) is 2.18. The van der Waals surface area contributed by atoms with Gasteiger partial charge >= 0.3 is 0 Å². The Hall–Kier alpha value is -2.74. The normalized spacial score (nSPS) is 11.0. The number of thiophene rings is 1. The van der Waals surface area contributed by atoms with Crippen LogP contribution in [-0.4, -0.2) is 29.9 Å². The van der Waals surface area contributed by atoms with E-state index < -0.39 is 0 Å². The van der Waals surface area contributed by atoms with E-state index in [1.54, 1.807) is 16.8 Å². The van der Waals surface area contributed by atoms with Crippen molar-refractivity contribution in [2.45, 2.75) is 0 Å². The summed E-state index contributed by atoms with van der Waals surface area (Å²) in [5.74, 6) is 0.652. The van der Waals surface area contributed by atoms with Crippen LogP contribution in [0, 0.1) is 0 Å². The molecule has 1 N–H and O–H groups in total. The van der Waals surface area contributed by atoms with Gasteiger partial charge in [0.2, 0.25) is 0 Å². The van der Waals surface area contributed by atoms with Crippen LogP contribution in [-0.2, 0) is 7.05 Å². The number of benzene rings is 2. The molecule has 0 spiro atoms. The minimum atomic E-state index is -0.266. The van der Waals surface area contributed by atoms with Crippen LogP contribution in [0.25, 0.3) is 21.5 Å². The van der Waals surface area contributed by atoms with Crippen LogP contribution in [0.5, 0.6) is 11.5 Å². The number of amides is 1. The number of hydrogen-bond donors (Lipinski definition) is 1. The van der Waals surface area contributed by atoms with Crippen LogP contribution in [0.4, 0.5) is 5.69 Å². The number of aromatic nitrogens is 2. The summed E-state index contributed by atoms with van der Waals surface area (Å²) in [6.07, 6.45) is 0. The SMILES string of the molecule is COc1cc(OC)c(NC(=O)c2cc3c(-c4ccc(Cl)cc4)nn(C)c3s2)cc1Cl. The zero-order valence-corrected chi connectivity index (χ0v) is 18.7. The maximum Gasteiger partial charge on any atom is 0.265 e. The molecule has 2 aromatic heterocycles. The van der Waals surface area contributed by atoms with Crippen molar-refractivity contribution >= 4 is 56.3 Å². The van der Waals surface area contributed by atoms with Crippen molar-refractivity contribution in [2.24, 2.45) is 7.05 Å². The topological polar surface area (TPSA) is 65.4 Å². The molecule has 2 aromatic carbocycles. The smallest absolute Gasteiger partial charge is 0.265 e. The molecule has 0 bridgehead atoms. The highest BCUT2D eigenvalue weighted by atomic mass is 35.5. The molecule has 2 heterocycles. The lowest BCUT2D eigenvalue weighted by atomic mass is 10.1. The molecule has 9 heteroatoms. The van der Waals surface area contributed by atoms with E-state index in [9.17, 15) is 4.79 Å². The quantitative estimate of drug-likeness (QED) is 0.403. The van der Waals surface area contributed by atoms with Crippen molar-refractivity contribution < 1.29 is 14.3 Å². The summed E-state index contributed by atoms with van der Waals surface area (Å²) in [5, 5.41) is 9.39. The van der Waals surface area contributed by atoms with Gasteiger partial charge in [0.25, 0.3) is 5.91 Å². The zero-order chi connectivity index (χ0) is 21.4. The number of nitrogens with zero attached hydrogens (tertiary/aromatic N) is 2. The van der Waals surface area contributed by atoms with Crippen LogP contribution < -0.4 is 14.8 Å². The fraction of sp³-hybridized carbons (Fsp3) is 0.143. The van der Waals surface area contributed by atoms with E-state index in [0.717, 1.165) is 21.5 Å². The Morgan fingerprint density at radius 3 is 2.43 bits per heavy atom. The van der Waals surface area contributed by atoms with Crippen molar-refractivity contribution in [3.05, 3.63) is 57.4 Å². The van der Waals surface area contributed by atoms with Crippen LogP contribution in [0.15, 0.2) is 42.5 Å². The summed E-state index contributed by atoms with van der Waals surface area (Å²) in [6.45, 7) is 0. The molecule has 0 radical (unpaired) electrons. The summed E-state index contributed by atoms with van der Waals surface area (Å²) < 4.78 is 12.3. The molecule has 0 aliphatic heterocycles. The number of ether oxygens (including phenoxy) is 2. The van der Waals surface area contributed by atoms with Crippen molar-refractivity contribution in [2.75, 3.05) is 19.5 Å². The van der Waals surface area contributed by atoms with Gasteiger partial charge in [0.05, 0.1) is 29.8 Å². The van der Waals surface area contributed by atoms with Gasteiger partial charge in [0.1, 0.15) is 22.0 Å². The van der Waals surface area contributed by atoms with Crippen molar-refractivity contribution in [1.29, 1.82) is 0 Å². The zero-order valence-electron chi connectivity index (χ0n) is 16.3. The predicted octanol–water partition coefficient (Wildman–Crippen LogP) is 5.88. The molecule has 0 saturated heterocycles. The highest BCUT2D eigenvalue weighted by Crippen LogP contribution is 2.38. The Morgan fingerprint density at radius 2 is 1.77 bits per heavy atom. The van der Waals surface area contributed by atoms with Gasteiger partial charge in [-0.15, -0.1) is 11.3 Å². The third-order valence-electron chi connectivity index (χ3n) is 4.58. The third kappa shape index (κ3) is 3.71. The van der Waals surface area contributed by atoms with Crippen LogP contribution in [0.3, 0.4) is 0 Å². The summed E-state index contributed by atoms with van der Waals surface area (Å²) in [4.78, 5) is 14.4. The highest BCUT2D eigenvalue weighted by molar-refractivity contribution is 7.20. The van der Waals surface area contributed by atoms with Crippen LogP contribution in [0.2, 0.25) is 10.0 Å². The maximum atomic E-state index is 12.9. The largest absolute Gasteiger partial charge is 0.495 e. The first-order valence-electron chi connectivity index (χ1n) is 8.86. The Bertz CT molecular complexity index is 1250. The number of methoxy groups -OCH3 is 2. The molecule has 1 amide bonds. The standard InChI is InChI=1S/C21H17Cl2N3O3S/c1-26-21-13(19(25-26)11-4-6-12(22)7-5-11)8-18(30-21)20(27)24-15-9-14(23)16(28-2)10-17(15)29-3/h4-10H,1-3H3,(H,24,27). The maximum absolute atomic E-state index is 12.9. The molecular formula is C21H17Cl2N3O3S. The van der Waals surface area contributed by atoms with Crippen LogP contribution in [0.1, 0.15) is 9.67 Å². The molecule has 0 aliphatic rings. The average molecular weight is 462 g/mol.